The molecule has 1 amide bonds. The summed E-state index contributed by atoms with van der Waals surface area (Å²) in [7, 11) is 0. The fourth-order valence-corrected chi connectivity index (χ4v) is 1.93. The average Bonchev–Trinajstić information content (AvgIpc) is 2.36. The van der Waals surface area contributed by atoms with Crippen molar-refractivity contribution in [1.82, 2.24) is 0 Å². The van der Waals surface area contributed by atoms with E-state index in [4.69, 9.17) is 28.9 Å². The summed E-state index contributed by atoms with van der Waals surface area (Å²) in [5.74, 6) is -0.283. The molecule has 0 bridgehead atoms. The first-order valence-electron chi connectivity index (χ1n) is 5.60. The molecule has 2 aromatic carbocycles. The number of hydrogen-bond acceptors (Lipinski definition) is 2. The molecule has 19 heavy (non-hydrogen) atoms. The number of hydrogen-bond donors (Lipinski definition) is 2. The van der Waals surface area contributed by atoms with Crippen molar-refractivity contribution in [3.05, 3.63) is 57.6 Å². The van der Waals surface area contributed by atoms with Gasteiger partial charge in [0.1, 0.15) is 0 Å². The van der Waals surface area contributed by atoms with Crippen molar-refractivity contribution < 1.29 is 4.79 Å². The number of aryl methyl sites for hydroxylation is 1. The first kappa shape index (κ1) is 13.7. The van der Waals surface area contributed by atoms with E-state index in [-0.39, 0.29) is 5.91 Å². The minimum atomic E-state index is -0.283. The lowest BCUT2D eigenvalue weighted by atomic mass is 10.1. The molecule has 0 aliphatic heterocycles. The molecule has 3 nitrogen and oxygen atoms in total. The molecule has 5 heteroatoms. The van der Waals surface area contributed by atoms with Crippen LogP contribution in [0.4, 0.5) is 11.4 Å². The molecule has 2 aromatic rings. The van der Waals surface area contributed by atoms with Crippen molar-refractivity contribution in [1.29, 1.82) is 0 Å². The number of benzene rings is 2. The molecule has 0 atom stereocenters. The van der Waals surface area contributed by atoms with Crippen molar-refractivity contribution in [2.45, 2.75) is 6.92 Å². The van der Waals surface area contributed by atoms with E-state index in [0.29, 0.717) is 27.0 Å². The Morgan fingerprint density at radius 1 is 1.11 bits per heavy atom. The predicted octanol–water partition coefficient (Wildman–Crippen LogP) is 4.14. The van der Waals surface area contributed by atoms with Gasteiger partial charge in [0.05, 0.1) is 21.4 Å². The van der Waals surface area contributed by atoms with Crippen LogP contribution in [0, 0.1) is 6.92 Å². The van der Waals surface area contributed by atoms with Gasteiger partial charge in [0.25, 0.3) is 5.91 Å². The molecular weight excluding hydrogens is 283 g/mol. The van der Waals surface area contributed by atoms with Crippen LogP contribution in [-0.4, -0.2) is 5.91 Å². The number of carbonyl (C=O) groups is 1. The zero-order valence-corrected chi connectivity index (χ0v) is 11.7. The minimum absolute atomic E-state index is 0.283. The van der Waals surface area contributed by atoms with Crippen molar-refractivity contribution in [2.75, 3.05) is 11.1 Å². The summed E-state index contributed by atoms with van der Waals surface area (Å²) in [6.07, 6.45) is 0. The van der Waals surface area contributed by atoms with Crippen LogP contribution in [0.2, 0.25) is 10.0 Å². The van der Waals surface area contributed by atoms with E-state index in [2.05, 4.69) is 5.32 Å². The summed E-state index contributed by atoms with van der Waals surface area (Å²) in [6.45, 7) is 1.93. The number of nitrogens with one attached hydrogen (secondary N) is 1. The first-order chi connectivity index (χ1) is 8.97. The third-order valence-corrected chi connectivity index (χ3v) is 3.38. The SMILES string of the molecule is Cc1ccc(NC(=O)c2ccc(Cl)c(Cl)c2)c(N)c1. The second kappa shape index (κ2) is 5.51. The molecule has 0 aliphatic rings. The van der Waals surface area contributed by atoms with Crippen LogP contribution in [0.1, 0.15) is 15.9 Å². The quantitative estimate of drug-likeness (QED) is 0.818. The zero-order chi connectivity index (χ0) is 14.0. The van der Waals surface area contributed by atoms with Gasteiger partial charge >= 0.3 is 0 Å². The van der Waals surface area contributed by atoms with Crippen molar-refractivity contribution in [3.63, 3.8) is 0 Å². The molecule has 98 valence electrons. The van der Waals surface area contributed by atoms with Crippen molar-refractivity contribution in [3.8, 4) is 0 Å². The molecule has 0 radical (unpaired) electrons. The number of nitrogen functional groups attached to an aromatic ring is 1. The monoisotopic (exact) mass is 294 g/mol. The Labute approximate surface area is 121 Å². The largest absolute Gasteiger partial charge is 0.397 e. The van der Waals surface area contributed by atoms with E-state index < -0.39 is 0 Å². The topological polar surface area (TPSA) is 55.1 Å². The van der Waals surface area contributed by atoms with Crippen LogP contribution in [0.25, 0.3) is 0 Å². The summed E-state index contributed by atoms with van der Waals surface area (Å²) < 4.78 is 0. The first-order valence-corrected chi connectivity index (χ1v) is 6.35. The van der Waals surface area contributed by atoms with Gasteiger partial charge in [-0.25, -0.2) is 0 Å². The van der Waals surface area contributed by atoms with Gasteiger partial charge in [-0.15, -0.1) is 0 Å². The fourth-order valence-electron chi connectivity index (χ4n) is 1.63. The Bertz CT molecular complexity index is 641. The normalized spacial score (nSPS) is 10.3. The molecule has 0 heterocycles. The van der Waals surface area contributed by atoms with E-state index in [0.717, 1.165) is 5.56 Å². The molecule has 0 saturated heterocycles. The molecular formula is C14H12Cl2N2O. The predicted molar refractivity (Wildman–Crippen MR) is 80.0 cm³/mol. The molecule has 0 spiro atoms. The van der Waals surface area contributed by atoms with Crippen LogP contribution in [-0.2, 0) is 0 Å². The van der Waals surface area contributed by atoms with Crippen LogP contribution in [0.3, 0.4) is 0 Å². The molecule has 0 fully saturated rings. The maximum atomic E-state index is 12.0. The Kier molecular flexibility index (Phi) is 3.98. The highest BCUT2D eigenvalue weighted by Gasteiger charge is 2.10. The van der Waals surface area contributed by atoms with E-state index in [1.807, 2.05) is 13.0 Å². The lowest BCUT2D eigenvalue weighted by Gasteiger charge is -2.09. The Hall–Kier alpha value is -1.71. The number of rotatable bonds is 2. The maximum Gasteiger partial charge on any atom is 0.255 e. The second-order valence-electron chi connectivity index (χ2n) is 4.17. The summed E-state index contributed by atoms with van der Waals surface area (Å²) in [5.41, 5.74) is 8.39. The smallest absolute Gasteiger partial charge is 0.255 e. The summed E-state index contributed by atoms with van der Waals surface area (Å²) in [5, 5.41) is 3.48. The molecule has 3 N–H and O–H groups in total. The second-order valence-corrected chi connectivity index (χ2v) is 4.99. The molecule has 2 rings (SSSR count). The molecule has 0 aliphatic carbocycles. The third-order valence-electron chi connectivity index (χ3n) is 2.64. The number of carbonyl (C=O) groups excluding carboxylic acids is 1. The van der Waals surface area contributed by atoms with Crippen molar-refractivity contribution >= 4 is 40.5 Å². The van der Waals surface area contributed by atoms with E-state index in [1.54, 1.807) is 24.3 Å². The van der Waals surface area contributed by atoms with Gasteiger partial charge in [-0.1, -0.05) is 29.3 Å². The highest BCUT2D eigenvalue weighted by molar-refractivity contribution is 6.42. The van der Waals surface area contributed by atoms with E-state index >= 15 is 0 Å². The standard InChI is InChI=1S/C14H12Cl2N2O/c1-8-2-5-13(12(17)6-8)18-14(19)9-3-4-10(15)11(16)7-9/h2-7H,17H2,1H3,(H,18,19). The third kappa shape index (κ3) is 3.19. The Morgan fingerprint density at radius 3 is 2.47 bits per heavy atom. The summed E-state index contributed by atoms with van der Waals surface area (Å²) in [4.78, 5) is 12.0. The Balaban J connectivity index is 2.23. The van der Waals surface area contributed by atoms with Gasteiger partial charge < -0.3 is 11.1 Å². The fraction of sp³-hybridized carbons (Fsp3) is 0.0714. The lowest BCUT2D eigenvalue weighted by Crippen LogP contribution is -2.13. The van der Waals surface area contributed by atoms with Crippen LogP contribution in [0.15, 0.2) is 36.4 Å². The Morgan fingerprint density at radius 2 is 1.84 bits per heavy atom. The zero-order valence-electron chi connectivity index (χ0n) is 10.2. The maximum absolute atomic E-state index is 12.0. The van der Waals surface area contributed by atoms with Crippen LogP contribution in [0.5, 0.6) is 0 Å². The van der Waals surface area contributed by atoms with Gasteiger partial charge in [0.2, 0.25) is 0 Å². The van der Waals surface area contributed by atoms with Crippen LogP contribution < -0.4 is 11.1 Å². The number of anilines is 2. The molecule has 0 saturated carbocycles. The number of amides is 1. The number of halogens is 2. The van der Waals surface area contributed by atoms with Gasteiger partial charge in [-0.2, -0.15) is 0 Å². The summed E-state index contributed by atoms with van der Waals surface area (Å²) >= 11 is 11.7. The van der Waals surface area contributed by atoms with Crippen molar-refractivity contribution in [2.24, 2.45) is 0 Å². The average molecular weight is 295 g/mol. The lowest BCUT2D eigenvalue weighted by molar-refractivity contribution is 0.102. The van der Waals surface area contributed by atoms with Crippen LogP contribution >= 0.6 is 23.2 Å². The minimum Gasteiger partial charge on any atom is -0.397 e. The van der Waals surface area contributed by atoms with Gasteiger partial charge in [-0.3, -0.25) is 4.79 Å². The summed E-state index contributed by atoms with van der Waals surface area (Å²) in [6, 6.07) is 10.1. The number of nitrogens with two attached hydrogens (primary N) is 1. The molecule has 0 aromatic heterocycles. The highest BCUT2D eigenvalue weighted by Crippen LogP contribution is 2.24. The van der Waals surface area contributed by atoms with Gasteiger partial charge in [-0.05, 0) is 42.8 Å². The molecule has 0 unspecified atom stereocenters. The van der Waals surface area contributed by atoms with E-state index in [9.17, 15) is 4.79 Å². The van der Waals surface area contributed by atoms with Gasteiger partial charge in [0, 0.05) is 5.56 Å². The van der Waals surface area contributed by atoms with E-state index in [1.165, 1.54) is 6.07 Å². The highest BCUT2D eigenvalue weighted by atomic mass is 35.5. The van der Waals surface area contributed by atoms with Gasteiger partial charge in [0.15, 0.2) is 0 Å².